The maximum Gasteiger partial charge on any atom is 0.402 e. The number of anilines is 1. The number of benzene rings is 1. The lowest BCUT2D eigenvalue weighted by Crippen LogP contribution is -2.53. The van der Waals surface area contributed by atoms with Crippen molar-refractivity contribution >= 4 is 11.7 Å². The Labute approximate surface area is 226 Å². The number of nitrogens with one attached hydrogen (secondary N) is 1. The minimum Gasteiger partial charge on any atom is -0.480 e. The molecular formula is C26H31F6N5O3. The molecule has 0 saturated carbocycles. The van der Waals surface area contributed by atoms with E-state index in [4.69, 9.17) is 9.84 Å². The van der Waals surface area contributed by atoms with Crippen molar-refractivity contribution in [3.8, 4) is 11.3 Å². The molecule has 3 aliphatic rings. The zero-order valence-electron chi connectivity index (χ0n) is 21.8. The molecule has 8 nitrogen and oxygen atoms in total. The molecule has 220 valence electrons. The summed E-state index contributed by atoms with van der Waals surface area (Å²) in [5.74, 6) is -7.16. The first-order valence-corrected chi connectivity index (χ1v) is 13.2. The normalized spacial score (nSPS) is 26.1. The number of para-hydroxylation sites is 1. The van der Waals surface area contributed by atoms with Crippen molar-refractivity contribution in [3.63, 3.8) is 0 Å². The molecule has 0 bridgehead atoms. The van der Waals surface area contributed by atoms with Crippen LogP contribution in [0.25, 0.3) is 11.3 Å². The standard InChI is InChI=1S/C26H31F6N5O3/c1-2-37-12-15(20(34-37)16-5-3-4-6-19(16)36-7-9-40-10-8-36)11-35-13-17-18(14-35)22(24(38)39)33-21(17)23(25(27,28)29)26(30,31)32/h3-6,12,17-18,21-23,33H,2,7-11,13-14H2,1H3,(H,38,39). The Bertz CT molecular complexity index is 1200. The molecular weight excluding hydrogens is 544 g/mol. The van der Waals surface area contributed by atoms with Crippen LogP contribution in [-0.2, 0) is 22.6 Å². The van der Waals surface area contributed by atoms with E-state index in [1.807, 2.05) is 37.4 Å². The van der Waals surface area contributed by atoms with Gasteiger partial charge in [-0.3, -0.25) is 14.4 Å². The molecule has 3 aliphatic heterocycles. The van der Waals surface area contributed by atoms with Crippen LogP contribution in [0.2, 0.25) is 0 Å². The molecule has 1 aromatic carbocycles. The van der Waals surface area contributed by atoms with Crippen molar-refractivity contribution in [2.24, 2.45) is 17.8 Å². The quantitative estimate of drug-likeness (QED) is 0.489. The largest absolute Gasteiger partial charge is 0.480 e. The van der Waals surface area contributed by atoms with E-state index in [0.29, 0.717) is 38.5 Å². The third-order valence-corrected chi connectivity index (χ3v) is 8.15. The Morgan fingerprint density at radius 1 is 1.10 bits per heavy atom. The summed E-state index contributed by atoms with van der Waals surface area (Å²) < 4.78 is 89.0. The molecule has 4 heterocycles. The summed E-state index contributed by atoms with van der Waals surface area (Å²) in [6, 6.07) is 4.13. The lowest BCUT2D eigenvalue weighted by atomic mass is 9.84. The number of hydrogen-bond acceptors (Lipinski definition) is 6. The van der Waals surface area contributed by atoms with Crippen LogP contribution in [0, 0.1) is 17.8 Å². The fraction of sp³-hybridized carbons (Fsp3) is 0.615. The van der Waals surface area contributed by atoms with Gasteiger partial charge in [-0.1, -0.05) is 18.2 Å². The summed E-state index contributed by atoms with van der Waals surface area (Å²) in [4.78, 5) is 15.8. The SMILES string of the molecule is CCn1cc(CN2CC3C(C(=O)O)NC(C(C(F)(F)F)C(F)(F)F)C3C2)c(-c2ccccc2N2CCOCC2)n1. The molecule has 40 heavy (non-hydrogen) atoms. The van der Waals surface area contributed by atoms with Crippen LogP contribution in [0.3, 0.4) is 0 Å². The number of likely N-dealkylation sites (tertiary alicyclic amines) is 1. The Hall–Kier alpha value is -2.84. The first-order valence-electron chi connectivity index (χ1n) is 13.2. The van der Waals surface area contributed by atoms with Gasteiger partial charge in [0.2, 0.25) is 0 Å². The number of alkyl halides is 6. The highest BCUT2D eigenvalue weighted by Gasteiger charge is 2.66. The van der Waals surface area contributed by atoms with E-state index in [1.165, 1.54) is 0 Å². The third-order valence-electron chi connectivity index (χ3n) is 8.15. The van der Waals surface area contributed by atoms with Crippen LogP contribution in [0.5, 0.6) is 0 Å². The van der Waals surface area contributed by atoms with Gasteiger partial charge in [-0.2, -0.15) is 31.4 Å². The minimum absolute atomic E-state index is 0.0510. The molecule has 14 heteroatoms. The first-order chi connectivity index (χ1) is 18.9. The number of aryl methyl sites for hydroxylation is 1. The zero-order chi connectivity index (χ0) is 28.8. The lowest BCUT2D eigenvalue weighted by Gasteiger charge is -2.32. The van der Waals surface area contributed by atoms with Gasteiger partial charge in [-0.15, -0.1) is 0 Å². The van der Waals surface area contributed by atoms with Gasteiger partial charge in [-0.05, 0) is 18.9 Å². The van der Waals surface area contributed by atoms with Gasteiger partial charge in [0.25, 0.3) is 0 Å². The van der Waals surface area contributed by atoms with Gasteiger partial charge in [0, 0.05) is 74.2 Å². The number of aliphatic carboxylic acids is 1. The van der Waals surface area contributed by atoms with Crippen molar-refractivity contribution in [3.05, 3.63) is 36.0 Å². The van der Waals surface area contributed by atoms with E-state index in [0.717, 1.165) is 16.8 Å². The van der Waals surface area contributed by atoms with Crippen LogP contribution < -0.4 is 10.2 Å². The molecule has 3 saturated heterocycles. The first kappa shape index (κ1) is 28.7. The maximum atomic E-state index is 13.6. The van der Waals surface area contributed by atoms with Crippen molar-refractivity contribution < 1.29 is 41.0 Å². The van der Waals surface area contributed by atoms with Gasteiger partial charge >= 0.3 is 18.3 Å². The fourth-order valence-electron chi connectivity index (χ4n) is 6.41. The van der Waals surface area contributed by atoms with Crippen LogP contribution in [0.1, 0.15) is 12.5 Å². The average molecular weight is 576 g/mol. The van der Waals surface area contributed by atoms with Crippen molar-refractivity contribution in [2.75, 3.05) is 44.3 Å². The number of hydrogen-bond donors (Lipinski definition) is 2. The molecule has 2 N–H and O–H groups in total. The summed E-state index contributed by atoms with van der Waals surface area (Å²) >= 11 is 0. The van der Waals surface area contributed by atoms with E-state index in [2.05, 4.69) is 10.2 Å². The number of halogens is 6. The molecule has 3 fully saturated rings. The average Bonchev–Trinajstić information content (AvgIpc) is 3.57. The molecule has 0 radical (unpaired) electrons. The number of carbonyl (C=O) groups is 1. The number of aromatic nitrogens is 2. The Kier molecular flexibility index (Phi) is 7.79. The van der Waals surface area contributed by atoms with Crippen LogP contribution in [0.4, 0.5) is 32.0 Å². The highest BCUT2D eigenvalue weighted by molar-refractivity contribution is 5.78. The molecule has 2 aromatic rings. The van der Waals surface area contributed by atoms with E-state index in [-0.39, 0.29) is 19.6 Å². The van der Waals surface area contributed by atoms with E-state index in [1.54, 1.807) is 9.58 Å². The highest BCUT2D eigenvalue weighted by Crippen LogP contribution is 2.49. The molecule has 4 atom stereocenters. The summed E-state index contributed by atoms with van der Waals surface area (Å²) in [6.45, 7) is 5.19. The smallest absolute Gasteiger partial charge is 0.402 e. The van der Waals surface area contributed by atoms with Crippen LogP contribution in [-0.4, -0.2) is 89.6 Å². The molecule has 4 unspecified atom stereocenters. The molecule has 0 spiro atoms. The van der Waals surface area contributed by atoms with Crippen molar-refractivity contribution in [2.45, 2.75) is 44.4 Å². The Morgan fingerprint density at radius 2 is 1.75 bits per heavy atom. The minimum atomic E-state index is -5.57. The fourth-order valence-corrected chi connectivity index (χ4v) is 6.41. The maximum absolute atomic E-state index is 13.6. The predicted octanol–water partition coefficient (Wildman–Crippen LogP) is 3.62. The van der Waals surface area contributed by atoms with Gasteiger partial charge in [-0.25, -0.2) is 0 Å². The number of rotatable bonds is 7. The van der Waals surface area contributed by atoms with Crippen molar-refractivity contribution in [1.29, 1.82) is 0 Å². The second-order valence-electron chi connectivity index (χ2n) is 10.6. The van der Waals surface area contributed by atoms with Crippen molar-refractivity contribution in [1.82, 2.24) is 20.0 Å². The zero-order valence-corrected chi connectivity index (χ0v) is 21.8. The Balaban J connectivity index is 1.44. The molecule has 5 rings (SSSR count). The Morgan fingerprint density at radius 3 is 2.38 bits per heavy atom. The van der Waals surface area contributed by atoms with E-state index < -0.39 is 48.2 Å². The van der Waals surface area contributed by atoms with E-state index >= 15 is 0 Å². The van der Waals surface area contributed by atoms with Gasteiger partial charge in [0.1, 0.15) is 6.04 Å². The predicted molar refractivity (Wildman–Crippen MR) is 133 cm³/mol. The van der Waals surface area contributed by atoms with Gasteiger partial charge < -0.3 is 20.1 Å². The summed E-state index contributed by atoms with van der Waals surface area (Å²) in [6.07, 6.45) is -9.31. The van der Waals surface area contributed by atoms with Gasteiger partial charge in [0.15, 0.2) is 5.92 Å². The lowest BCUT2D eigenvalue weighted by molar-refractivity contribution is -0.293. The summed E-state index contributed by atoms with van der Waals surface area (Å²) in [7, 11) is 0. The number of carboxylic acid groups (broad SMARTS) is 1. The number of ether oxygens (including phenoxy) is 1. The second kappa shape index (κ2) is 10.9. The number of morpholine rings is 1. The van der Waals surface area contributed by atoms with Crippen LogP contribution in [0.15, 0.2) is 30.5 Å². The van der Waals surface area contributed by atoms with Crippen LogP contribution >= 0.6 is 0 Å². The summed E-state index contributed by atoms with van der Waals surface area (Å²) in [5.41, 5.74) is 3.26. The van der Waals surface area contributed by atoms with Gasteiger partial charge in [0.05, 0.1) is 18.9 Å². The topological polar surface area (TPSA) is 82.9 Å². The molecule has 0 aliphatic carbocycles. The monoisotopic (exact) mass is 575 g/mol. The summed E-state index contributed by atoms with van der Waals surface area (Å²) in [5, 5.41) is 16.6. The highest BCUT2D eigenvalue weighted by atomic mass is 19.4. The second-order valence-corrected chi connectivity index (χ2v) is 10.6. The molecule has 1 aromatic heterocycles. The molecule has 0 amide bonds. The van der Waals surface area contributed by atoms with E-state index in [9.17, 15) is 36.2 Å². The number of nitrogens with zero attached hydrogens (tertiary/aromatic N) is 4. The third kappa shape index (κ3) is 5.53. The number of fused-ring (bicyclic) bond motifs is 1. The number of carboxylic acids is 1.